The van der Waals surface area contributed by atoms with Crippen molar-refractivity contribution < 1.29 is 23.8 Å². The summed E-state index contributed by atoms with van der Waals surface area (Å²) in [6.07, 6.45) is 2.57. The highest BCUT2D eigenvalue weighted by molar-refractivity contribution is 5.78. The number of amides is 1. The first-order valence-corrected chi connectivity index (χ1v) is 7.28. The van der Waals surface area contributed by atoms with Crippen LogP contribution in [0.4, 0.5) is 4.79 Å². The van der Waals surface area contributed by atoms with Crippen LogP contribution >= 0.6 is 0 Å². The molecule has 1 rings (SSSR count). The Bertz CT molecular complexity index is 365. The normalized spacial score (nSPS) is 25.8. The van der Waals surface area contributed by atoms with Crippen molar-refractivity contribution in [1.29, 1.82) is 0 Å². The first kappa shape index (κ1) is 17.9. The number of carbonyl (C=O) groups is 2. The summed E-state index contributed by atoms with van der Waals surface area (Å²) in [6, 6.07) is 0. The fourth-order valence-electron chi connectivity index (χ4n) is 2.53. The van der Waals surface area contributed by atoms with E-state index in [1.165, 1.54) is 0 Å². The van der Waals surface area contributed by atoms with Crippen LogP contribution in [-0.2, 0) is 19.0 Å². The van der Waals surface area contributed by atoms with Gasteiger partial charge in [-0.3, -0.25) is 0 Å². The highest BCUT2D eigenvalue weighted by Gasteiger charge is 2.52. The second-order valence-electron chi connectivity index (χ2n) is 6.68. The Balaban J connectivity index is 2.94. The molecule has 6 heteroatoms. The van der Waals surface area contributed by atoms with Gasteiger partial charge in [-0.05, 0) is 47.0 Å². The molecule has 21 heavy (non-hydrogen) atoms. The second-order valence-corrected chi connectivity index (χ2v) is 6.68. The minimum absolute atomic E-state index is 0.234. The molecule has 0 radical (unpaired) electrons. The number of hydrogen-bond donors (Lipinski definition) is 1. The van der Waals surface area contributed by atoms with Gasteiger partial charge >= 0.3 is 6.09 Å². The molecule has 6 nitrogen and oxygen atoms in total. The van der Waals surface area contributed by atoms with E-state index in [1.807, 2.05) is 0 Å². The number of carbonyl (C=O) groups excluding carboxylic acids is 2. The Labute approximate surface area is 126 Å². The maximum Gasteiger partial charge on any atom is 0.408 e. The standard InChI is InChI=1S/C15H27NO5/c1-13(2,3)21-12(18)16-14(4,10-17)15(11-19-5)8-6-7-9-20-15/h10H,6-9,11H2,1-5H3,(H,16,18). The number of alkyl carbamates (subject to hydrolysis) is 1. The van der Waals surface area contributed by atoms with Gasteiger partial charge < -0.3 is 24.3 Å². The highest BCUT2D eigenvalue weighted by atomic mass is 16.6. The van der Waals surface area contributed by atoms with Crippen molar-refractivity contribution in [2.75, 3.05) is 20.3 Å². The Morgan fingerprint density at radius 2 is 2.00 bits per heavy atom. The summed E-state index contributed by atoms with van der Waals surface area (Å²) in [7, 11) is 1.55. The molecule has 0 aromatic rings. The lowest BCUT2D eigenvalue weighted by atomic mass is 9.77. The van der Waals surface area contributed by atoms with Crippen molar-refractivity contribution in [3.63, 3.8) is 0 Å². The molecule has 0 saturated carbocycles. The summed E-state index contributed by atoms with van der Waals surface area (Å²) >= 11 is 0. The summed E-state index contributed by atoms with van der Waals surface area (Å²) in [5, 5.41) is 2.66. The first-order valence-electron chi connectivity index (χ1n) is 7.28. The quantitative estimate of drug-likeness (QED) is 0.787. The first-order chi connectivity index (χ1) is 9.68. The lowest BCUT2D eigenvalue weighted by molar-refractivity contribution is -0.165. The summed E-state index contributed by atoms with van der Waals surface area (Å²) in [4.78, 5) is 23.7. The molecular weight excluding hydrogens is 274 g/mol. The second kappa shape index (κ2) is 6.75. The number of aldehydes is 1. The predicted molar refractivity (Wildman–Crippen MR) is 78.2 cm³/mol. The number of methoxy groups -OCH3 is 1. The Morgan fingerprint density at radius 3 is 2.43 bits per heavy atom. The monoisotopic (exact) mass is 301 g/mol. The molecule has 1 N–H and O–H groups in total. The third kappa shape index (κ3) is 4.41. The van der Waals surface area contributed by atoms with Crippen molar-refractivity contribution in [3.8, 4) is 0 Å². The average molecular weight is 301 g/mol. The van der Waals surface area contributed by atoms with Crippen LogP contribution in [0.3, 0.4) is 0 Å². The Morgan fingerprint density at radius 1 is 1.33 bits per heavy atom. The third-order valence-corrected chi connectivity index (χ3v) is 3.67. The Kier molecular flexibility index (Phi) is 5.75. The van der Waals surface area contributed by atoms with Crippen LogP contribution < -0.4 is 5.32 Å². The minimum atomic E-state index is -1.20. The van der Waals surface area contributed by atoms with E-state index in [9.17, 15) is 9.59 Å². The van der Waals surface area contributed by atoms with E-state index < -0.39 is 22.8 Å². The molecule has 0 aromatic carbocycles. The summed E-state index contributed by atoms with van der Waals surface area (Å²) in [5.74, 6) is 0. The number of nitrogens with one attached hydrogen (secondary N) is 1. The van der Waals surface area contributed by atoms with Gasteiger partial charge in [0.05, 0.1) is 6.61 Å². The smallest absolute Gasteiger partial charge is 0.408 e. The van der Waals surface area contributed by atoms with Gasteiger partial charge in [-0.25, -0.2) is 4.79 Å². The summed E-state index contributed by atoms with van der Waals surface area (Å²) in [6.45, 7) is 7.74. The van der Waals surface area contributed by atoms with E-state index in [0.717, 1.165) is 12.8 Å². The van der Waals surface area contributed by atoms with Gasteiger partial charge in [0.2, 0.25) is 0 Å². The molecule has 1 aliphatic heterocycles. The van der Waals surface area contributed by atoms with Gasteiger partial charge in [-0.1, -0.05) is 0 Å². The van der Waals surface area contributed by atoms with Gasteiger partial charge in [0, 0.05) is 13.7 Å². The van der Waals surface area contributed by atoms with Crippen LogP contribution in [0.25, 0.3) is 0 Å². The molecule has 2 unspecified atom stereocenters. The number of hydrogen-bond acceptors (Lipinski definition) is 5. The van der Waals surface area contributed by atoms with E-state index in [4.69, 9.17) is 14.2 Å². The largest absolute Gasteiger partial charge is 0.444 e. The van der Waals surface area contributed by atoms with Crippen molar-refractivity contribution in [1.82, 2.24) is 5.32 Å². The molecule has 1 fully saturated rings. The zero-order chi connectivity index (χ0) is 16.1. The molecule has 0 aromatic heterocycles. The fourth-order valence-corrected chi connectivity index (χ4v) is 2.53. The topological polar surface area (TPSA) is 73.9 Å². The van der Waals surface area contributed by atoms with Crippen LogP contribution in [0, 0.1) is 0 Å². The van der Waals surface area contributed by atoms with Gasteiger partial charge in [-0.2, -0.15) is 0 Å². The van der Waals surface area contributed by atoms with E-state index in [1.54, 1.807) is 34.8 Å². The van der Waals surface area contributed by atoms with Crippen LogP contribution in [0.15, 0.2) is 0 Å². The molecule has 0 bridgehead atoms. The van der Waals surface area contributed by atoms with E-state index in [2.05, 4.69) is 5.32 Å². The molecule has 1 aliphatic rings. The molecule has 2 atom stereocenters. The van der Waals surface area contributed by atoms with Crippen molar-refractivity contribution in [2.24, 2.45) is 0 Å². The van der Waals surface area contributed by atoms with Gasteiger partial charge in [0.15, 0.2) is 0 Å². The summed E-state index contributed by atoms with van der Waals surface area (Å²) < 4.78 is 16.3. The van der Waals surface area contributed by atoms with Crippen molar-refractivity contribution in [3.05, 3.63) is 0 Å². The SMILES string of the molecule is COCC1(C(C)(C=O)NC(=O)OC(C)(C)C)CCCCO1. The molecule has 0 spiro atoms. The zero-order valence-electron chi connectivity index (χ0n) is 13.7. The molecule has 1 amide bonds. The molecule has 1 saturated heterocycles. The van der Waals surface area contributed by atoms with E-state index >= 15 is 0 Å². The number of rotatable bonds is 5. The van der Waals surface area contributed by atoms with Gasteiger partial charge in [-0.15, -0.1) is 0 Å². The van der Waals surface area contributed by atoms with Crippen molar-refractivity contribution in [2.45, 2.75) is 63.7 Å². The van der Waals surface area contributed by atoms with E-state index in [-0.39, 0.29) is 6.61 Å². The van der Waals surface area contributed by atoms with Crippen LogP contribution in [0.2, 0.25) is 0 Å². The van der Waals surface area contributed by atoms with Crippen molar-refractivity contribution >= 4 is 12.4 Å². The average Bonchev–Trinajstić information content (AvgIpc) is 2.37. The molecule has 1 heterocycles. The zero-order valence-corrected chi connectivity index (χ0v) is 13.7. The summed E-state index contributed by atoms with van der Waals surface area (Å²) in [5.41, 5.74) is -2.69. The molecule has 122 valence electrons. The van der Waals surface area contributed by atoms with Crippen LogP contribution in [0.5, 0.6) is 0 Å². The maximum atomic E-state index is 12.0. The minimum Gasteiger partial charge on any atom is -0.444 e. The lowest BCUT2D eigenvalue weighted by Gasteiger charge is -2.47. The molecule has 0 aliphatic carbocycles. The lowest BCUT2D eigenvalue weighted by Crippen LogP contribution is -2.68. The number of ether oxygens (including phenoxy) is 3. The highest BCUT2D eigenvalue weighted by Crippen LogP contribution is 2.34. The third-order valence-electron chi connectivity index (χ3n) is 3.67. The van der Waals surface area contributed by atoms with Crippen LogP contribution in [-0.4, -0.2) is 49.4 Å². The fraction of sp³-hybridized carbons (Fsp3) is 0.867. The van der Waals surface area contributed by atoms with Gasteiger partial charge in [0.1, 0.15) is 23.0 Å². The Hall–Kier alpha value is -1.14. The van der Waals surface area contributed by atoms with Gasteiger partial charge in [0.25, 0.3) is 0 Å². The maximum absolute atomic E-state index is 12.0. The molecular formula is C15H27NO5. The van der Waals surface area contributed by atoms with E-state index in [0.29, 0.717) is 19.3 Å². The van der Waals surface area contributed by atoms with Crippen LogP contribution in [0.1, 0.15) is 47.0 Å². The predicted octanol–water partition coefficient (Wildman–Crippen LogP) is 2.05.